The van der Waals surface area contributed by atoms with Gasteiger partial charge >= 0.3 is 0 Å². The van der Waals surface area contributed by atoms with Crippen LogP contribution < -0.4 is 4.72 Å². The standard InChI is InChI=1S/C8H13NO3S2/c1-6(5-10)9-14(11,12)8-4-3-7(2)13-8/h3-4,6,9-10H,5H2,1-2H3/t6-/m1/s1. The molecule has 0 amide bonds. The van der Waals surface area contributed by atoms with Crippen molar-refractivity contribution in [1.29, 1.82) is 0 Å². The van der Waals surface area contributed by atoms with E-state index in [2.05, 4.69) is 4.72 Å². The summed E-state index contributed by atoms with van der Waals surface area (Å²) >= 11 is 1.22. The van der Waals surface area contributed by atoms with Gasteiger partial charge in [-0.15, -0.1) is 11.3 Å². The Morgan fingerprint density at radius 3 is 2.64 bits per heavy atom. The summed E-state index contributed by atoms with van der Waals surface area (Å²) in [5.74, 6) is 0. The van der Waals surface area contributed by atoms with Gasteiger partial charge in [-0.1, -0.05) is 0 Å². The van der Waals surface area contributed by atoms with E-state index in [0.29, 0.717) is 0 Å². The van der Waals surface area contributed by atoms with Crippen LogP contribution >= 0.6 is 11.3 Å². The molecule has 2 N–H and O–H groups in total. The van der Waals surface area contributed by atoms with Crippen molar-refractivity contribution in [1.82, 2.24) is 4.72 Å². The number of nitrogens with one attached hydrogen (secondary N) is 1. The monoisotopic (exact) mass is 235 g/mol. The zero-order chi connectivity index (χ0) is 10.8. The van der Waals surface area contributed by atoms with E-state index in [1.54, 1.807) is 19.1 Å². The molecule has 0 saturated heterocycles. The zero-order valence-electron chi connectivity index (χ0n) is 8.02. The Kier molecular flexibility index (Phi) is 3.65. The van der Waals surface area contributed by atoms with Crippen LogP contribution in [0.25, 0.3) is 0 Å². The van der Waals surface area contributed by atoms with Crippen molar-refractivity contribution in [3.8, 4) is 0 Å². The van der Waals surface area contributed by atoms with Crippen LogP contribution in [0.1, 0.15) is 11.8 Å². The van der Waals surface area contributed by atoms with Gasteiger partial charge in [-0.2, -0.15) is 0 Å². The second kappa shape index (κ2) is 4.39. The normalized spacial score (nSPS) is 14.2. The van der Waals surface area contributed by atoms with Gasteiger partial charge in [0.05, 0.1) is 6.61 Å². The fourth-order valence-electron chi connectivity index (χ4n) is 0.917. The van der Waals surface area contributed by atoms with Crippen molar-refractivity contribution < 1.29 is 13.5 Å². The lowest BCUT2D eigenvalue weighted by molar-refractivity contribution is 0.265. The molecule has 0 aliphatic carbocycles. The number of hydrogen-bond acceptors (Lipinski definition) is 4. The lowest BCUT2D eigenvalue weighted by Crippen LogP contribution is -2.34. The average molecular weight is 235 g/mol. The van der Waals surface area contributed by atoms with Crippen LogP contribution in [-0.4, -0.2) is 26.2 Å². The molecule has 1 aromatic rings. The first kappa shape index (κ1) is 11.6. The highest BCUT2D eigenvalue weighted by atomic mass is 32.2. The maximum Gasteiger partial charge on any atom is 0.250 e. The van der Waals surface area contributed by atoms with Crippen molar-refractivity contribution in [2.45, 2.75) is 24.1 Å². The second-order valence-electron chi connectivity index (χ2n) is 3.07. The van der Waals surface area contributed by atoms with Crippen molar-refractivity contribution in [2.24, 2.45) is 0 Å². The number of sulfonamides is 1. The van der Waals surface area contributed by atoms with Crippen molar-refractivity contribution in [3.63, 3.8) is 0 Å². The Morgan fingerprint density at radius 1 is 1.57 bits per heavy atom. The highest BCUT2D eigenvalue weighted by Crippen LogP contribution is 2.20. The smallest absolute Gasteiger partial charge is 0.250 e. The fourth-order valence-corrected chi connectivity index (χ4v) is 3.45. The molecule has 80 valence electrons. The van der Waals surface area contributed by atoms with Crippen molar-refractivity contribution in [2.75, 3.05) is 6.61 Å². The van der Waals surface area contributed by atoms with Crippen LogP contribution in [0, 0.1) is 6.92 Å². The molecule has 1 atom stereocenters. The summed E-state index contributed by atoms with van der Waals surface area (Å²) in [5, 5.41) is 8.73. The molecule has 0 bridgehead atoms. The minimum atomic E-state index is -3.44. The van der Waals surface area contributed by atoms with Crippen LogP contribution in [0.15, 0.2) is 16.3 Å². The predicted octanol–water partition coefficient (Wildman–Crippen LogP) is 0.716. The number of aryl methyl sites for hydroxylation is 1. The molecular weight excluding hydrogens is 222 g/mol. The van der Waals surface area contributed by atoms with E-state index in [4.69, 9.17) is 5.11 Å². The van der Waals surface area contributed by atoms with Crippen LogP contribution in [0.3, 0.4) is 0 Å². The minimum absolute atomic E-state index is 0.205. The molecule has 0 saturated carbocycles. The first-order valence-corrected chi connectivity index (χ1v) is 6.45. The highest BCUT2D eigenvalue weighted by Gasteiger charge is 2.18. The SMILES string of the molecule is Cc1ccc(S(=O)(=O)N[C@H](C)CO)s1. The Labute approximate surface area is 87.6 Å². The summed E-state index contributed by atoms with van der Waals surface area (Å²) in [6.45, 7) is 3.25. The molecule has 0 radical (unpaired) electrons. The van der Waals surface area contributed by atoms with Gasteiger partial charge in [-0.25, -0.2) is 13.1 Å². The third-order valence-corrected chi connectivity index (χ3v) is 4.69. The summed E-state index contributed by atoms with van der Waals surface area (Å²) in [5.41, 5.74) is 0. The van der Waals surface area contributed by atoms with Crippen LogP contribution in [0.4, 0.5) is 0 Å². The largest absolute Gasteiger partial charge is 0.395 e. The number of thiophene rings is 1. The van der Waals surface area contributed by atoms with Gasteiger partial charge in [-0.3, -0.25) is 0 Å². The molecule has 1 aromatic heterocycles. The Bertz CT molecular complexity index is 396. The lowest BCUT2D eigenvalue weighted by Gasteiger charge is -2.09. The number of hydrogen-bond donors (Lipinski definition) is 2. The maximum atomic E-state index is 11.6. The third kappa shape index (κ3) is 2.78. The summed E-state index contributed by atoms with van der Waals surface area (Å²) in [7, 11) is -3.44. The van der Waals surface area contributed by atoms with E-state index in [0.717, 1.165) is 4.88 Å². The van der Waals surface area contributed by atoms with Crippen LogP contribution in [-0.2, 0) is 10.0 Å². The van der Waals surface area contributed by atoms with E-state index < -0.39 is 16.1 Å². The van der Waals surface area contributed by atoms with Gasteiger partial charge in [0.25, 0.3) is 0 Å². The molecule has 0 aliphatic heterocycles. The Balaban J connectivity index is 2.86. The molecule has 1 rings (SSSR count). The number of aliphatic hydroxyl groups excluding tert-OH is 1. The molecule has 0 spiro atoms. The maximum absolute atomic E-state index is 11.6. The number of aliphatic hydroxyl groups is 1. The average Bonchev–Trinajstić information content (AvgIpc) is 2.51. The van der Waals surface area contributed by atoms with E-state index in [1.807, 2.05) is 6.92 Å². The summed E-state index contributed by atoms with van der Waals surface area (Å²) < 4.78 is 25.9. The molecule has 0 unspecified atom stereocenters. The van der Waals surface area contributed by atoms with Crippen LogP contribution in [0.2, 0.25) is 0 Å². The molecule has 1 heterocycles. The first-order valence-electron chi connectivity index (χ1n) is 4.15. The molecular formula is C8H13NO3S2. The fraction of sp³-hybridized carbons (Fsp3) is 0.500. The third-order valence-electron chi connectivity index (χ3n) is 1.61. The molecule has 4 nitrogen and oxygen atoms in total. The second-order valence-corrected chi connectivity index (χ2v) is 6.30. The predicted molar refractivity (Wildman–Crippen MR) is 55.9 cm³/mol. The van der Waals surface area contributed by atoms with Crippen molar-refractivity contribution in [3.05, 3.63) is 17.0 Å². The lowest BCUT2D eigenvalue weighted by atomic mass is 10.4. The van der Waals surface area contributed by atoms with Gasteiger partial charge in [-0.05, 0) is 26.0 Å². The molecule has 6 heteroatoms. The summed E-state index contributed by atoms with van der Waals surface area (Å²) in [6, 6.07) is 2.86. The molecule has 0 fully saturated rings. The molecule has 0 aliphatic rings. The first-order chi connectivity index (χ1) is 6.45. The van der Waals surface area contributed by atoms with Gasteiger partial charge in [0, 0.05) is 10.9 Å². The van der Waals surface area contributed by atoms with Gasteiger partial charge in [0.15, 0.2) is 0 Å². The Hall–Kier alpha value is -0.430. The summed E-state index contributed by atoms with van der Waals surface area (Å²) in [6.07, 6.45) is 0. The Morgan fingerprint density at radius 2 is 2.21 bits per heavy atom. The molecule has 0 aromatic carbocycles. The van der Waals surface area contributed by atoms with Crippen LogP contribution in [0.5, 0.6) is 0 Å². The van der Waals surface area contributed by atoms with Crippen molar-refractivity contribution >= 4 is 21.4 Å². The zero-order valence-corrected chi connectivity index (χ0v) is 9.65. The number of rotatable bonds is 4. The van der Waals surface area contributed by atoms with E-state index in [-0.39, 0.29) is 10.8 Å². The minimum Gasteiger partial charge on any atom is -0.395 e. The topological polar surface area (TPSA) is 66.4 Å². The highest BCUT2D eigenvalue weighted by molar-refractivity contribution is 7.91. The van der Waals surface area contributed by atoms with Gasteiger partial charge in [0.2, 0.25) is 10.0 Å². The van der Waals surface area contributed by atoms with E-state index >= 15 is 0 Å². The van der Waals surface area contributed by atoms with E-state index in [9.17, 15) is 8.42 Å². The van der Waals surface area contributed by atoms with E-state index in [1.165, 1.54) is 11.3 Å². The van der Waals surface area contributed by atoms with Gasteiger partial charge < -0.3 is 5.11 Å². The van der Waals surface area contributed by atoms with Gasteiger partial charge in [0.1, 0.15) is 4.21 Å². The summed E-state index contributed by atoms with van der Waals surface area (Å²) in [4.78, 5) is 0.946. The quantitative estimate of drug-likeness (QED) is 0.808. The molecule has 14 heavy (non-hydrogen) atoms.